The first-order chi connectivity index (χ1) is 10.5. The molecule has 1 aromatic carbocycles. The second-order valence-corrected chi connectivity index (χ2v) is 6.76. The van der Waals surface area contributed by atoms with Crippen molar-refractivity contribution in [3.05, 3.63) is 34.1 Å². The van der Waals surface area contributed by atoms with Crippen LogP contribution in [0.4, 0.5) is 4.39 Å². The van der Waals surface area contributed by atoms with Crippen molar-refractivity contribution < 1.29 is 14.3 Å². The van der Waals surface area contributed by atoms with Gasteiger partial charge in [-0.15, -0.1) is 0 Å². The Balaban J connectivity index is 1.91. The number of carboxylic acids is 1. The minimum absolute atomic E-state index is 0.0914. The Morgan fingerprint density at radius 3 is 2.91 bits per heavy atom. The van der Waals surface area contributed by atoms with Crippen molar-refractivity contribution in [1.82, 2.24) is 9.80 Å². The Labute approximate surface area is 139 Å². The largest absolute Gasteiger partial charge is 0.480 e. The molecule has 1 aliphatic heterocycles. The highest BCUT2D eigenvalue weighted by molar-refractivity contribution is 9.10. The standard InChI is InChI=1S/C16H22BrFN2O2/c1-19(11-16(21)22)14-3-2-7-20(8-6-14)10-12-4-5-13(18)9-15(12)17/h4-5,9,14H,2-3,6-8,10-11H2,1H3,(H,21,22). The highest BCUT2D eigenvalue weighted by Gasteiger charge is 2.22. The fourth-order valence-corrected chi connectivity index (χ4v) is 3.45. The summed E-state index contributed by atoms with van der Waals surface area (Å²) in [5.74, 6) is -1.01. The first-order valence-electron chi connectivity index (χ1n) is 7.54. The summed E-state index contributed by atoms with van der Waals surface area (Å²) < 4.78 is 13.9. The summed E-state index contributed by atoms with van der Waals surface area (Å²) in [5.41, 5.74) is 1.08. The SMILES string of the molecule is CN(CC(=O)O)C1CCCN(Cc2ccc(F)cc2Br)CC1. The quantitative estimate of drug-likeness (QED) is 0.862. The van der Waals surface area contributed by atoms with Crippen LogP contribution in [0.15, 0.2) is 22.7 Å². The van der Waals surface area contributed by atoms with E-state index in [1.165, 1.54) is 12.1 Å². The van der Waals surface area contributed by atoms with E-state index in [-0.39, 0.29) is 12.4 Å². The van der Waals surface area contributed by atoms with Crippen molar-refractivity contribution in [2.75, 3.05) is 26.7 Å². The topological polar surface area (TPSA) is 43.8 Å². The average Bonchev–Trinajstić information content (AvgIpc) is 2.67. The van der Waals surface area contributed by atoms with Crippen LogP contribution in [0.25, 0.3) is 0 Å². The van der Waals surface area contributed by atoms with E-state index in [2.05, 4.69) is 20.8 Å². The molecule has 1 aromatic rings. The molecule has 0 aromatic heterocycles. The molecule has 1 heterocycles. The first kappa shape index (κ1) is 17.4. The van der Waals surface area contributed by atoms with Crippen molar-refractivity contribution in [3.63, 3.8) is 0 Å². The van der Waals surface area contributed by atoms with Crippen LogP contribution in [0.2, 0.25) is 0 Å². The minimum atomic E-state index is -0.779. The average molecular weight is 373 g/mol. The Morgan fingerprint density at radius 1 is 1.45 bits per heavy atom. The lowest BCUT2D eigenvalue weighted by Gasteiger charge is -2.25. The van der Waals surface area contributed by atoms with Gasteiger partial charge in [0, 0.05) is 17.1 Å². The number of carboxylic acid groups (broad SMARTS) is 1. The van der Waals surface area contributed by atoms with E-state index in [4.69, 9.17) is 5.11 Å². The molecule has 1 fully saturated rings. The predicted octanol–water partition coefficient (Wildman–Crippen LogP) is 2.96. The molecular formula is C16H22BrFN2O2. The number of rotatable bonds is 5. The first-order valence-corrected chi connectivity index (χ1v) is 8.33. The number of aliphatic carboxylic acids is 1. The maximum Gasteiger partial charge on any atom is 0.317 e. The molecule has 0 saturated carbocycles. The summed E-state index contributed by atoms with van der Waals surface area (Å²) in [4.78, 5) is 15.1. The number of nitrogens with zero attached hydrogens (tertiary/aromatic N) is 2. The van der Waals surface area contributed by atoms with Gasteiger partial charge in [-0.1, -0.05) is 22.0 Å². The van der Waals surface area contributed by atoms with Crippen LogP contribution in [0.1, 0.15) is 24.8 Å². The third-order valence-corrected chi connectivity index (χ3v) is 4.95. The van der Waals surface area contributed by atoms with Crippen LogP contribution in [0.5, 0.6) is 0 Å². The van der Waals surface area contributed by atoms with Gasteiger partial charge in [-0.3, -0.25) is 14.6 Å². The molecule has 0 aliphatic carbocycles. The number of hydrogen-bond acceptors (Lipinski definition) is 3. The molecule has 4 nitrogen and oxygen atoms in total. The molecule has 22 heavy (non-hydrogen) atoms. The molecule has 0 spiro atoms. The van der Waals surface area contributed by atoms with Crippen LogP contribution in [-0.2, 0) is 11.3 Å². The summed E-state index contributed by atoms with van der Waals surface area (Å²) >= 11 is 3.42. The molecule has 1 saturated heterocycles. The monoisotopic (exact) mass is 372 g/mol. The third-order valence-electron chi connectivity index (χ3n) is 4.21. The van der Waals surface area contributed by atoms with Gasteiger partial charge in [0.1, 0.15) is 5.82 Å². The van der Waals surface area contributed by atoms with Crippen LogP contribution in [0.3, 0.4) is 0 Å². The van der Waals surface area contributed by atoms with E-state index < -0.39 is 5.97 Å². The van der Waals surface area contributed by atoms with E-state index in [1.807, 2.05) is 18.0 Å². The number of likely N-dealkylation sites (N-methyl/N-ethyl adjacent to an activating group) is 1. The van der Waals surface area contributed by atoms with Gasteiger partial charge in [-0.2, -0.15) is 0 Å². The Kier molecular flexibility index (Phi) is 6.35. The van der Waals surface area contributed by atoms with Crippen LogP contribution >= 0.6 is 15.9 Å². The highest BCUT2D eigenvalue weighted by atomic mass is 79.9. The maximum atomic E-state index is 13.1. The number of likely N-dealkylation sites (tertiary alicyclic amines) is 1. The molecular weight excluding hydrogens is 351 g/mol. The lowest BCUT2D eigenvalue weighted by Crippen LogP contribution is -2.36. The molecule has 1 N–H and O–H groups in total. The lowest BCUT2D eigenvalue weighted by atomic mass is 10.1. The molecule has 2 rings (SSSR count). The normalized spacial score (nSPS) is 20.1. The summed E-state index contributed by atoms with van der Waals surface area (Å²) in [6.45, 7) is 2.80. The minimum Gasteiger partial charge on any atom is -0.480 e. The fourth-order valence-electron chi connectivity index (χ4n) is 2.97. The lowest BCUT2D eigenvalue weighted by molar-refractivity contribution is -0.138. The van der Waals surface area contributed by atoms with Gasteiger partial charge in [0.2, 0.25) is 0 Å². The molecule has 0 radical (unpaired) electrons. The number of hydrogen-bond donors (Lipinski definition) is 1. The van der Waals surface area contributed by atoms with Crippen LogP contribution in [0, 0.1) is 5.82 Å². The molecule has 1 aliphatic rings. The van der Waals surface area contributed by atoms with Crippen LogP contribution in [-0.4, -0.2) is 53.6 Å². The van der Waals surface area contributed by atoms with Gasteiger partial charge in [0.05, 0.1) is 6.54 Å². The van der Waals surface area contributed by atoms with Crippen LogP contribution < -0.4 is 0 Å². The second-order valence-electron chi connectivity index (χ2n) is 5.91. The number of halogens is 2. The molecule has 1 atom stereocenters. The Morgan fingerprint density at radius 2 is 2.23 bits per heavy atom. The van der Waals surface area contributed by atoms with E-state index in [0.717, 1.165) is 48.9 Å². The Bertz CT molecular complexity index is 527. The number of benzene rings is 1. The molecule has 6 heteroatoms. The molecule has 122 valence electrons. The van der Waals surface area contributed by atoms with E-state index in [9.17, 15) is 9.18 Å². The van der Waals surface area contributed by atoms with E-state index in [1.54, 1.807) is 0 Å². The van der Waals surface area contributed by atoms with Gasteiger partial charge in [0.15, 0.2) is 0 Å². The van der Waals surface area contributed by atoms with Gasteiger partial charge < -0.3 is 5.11 Å². The summed E-state index contributed by atoms with van der Waals surface area (Å²) in [6.07, 6.45) is 3.03. The van der Waals surface area contributed by atoms with Gasteiger partial charge in [-0.05, 0) is 57.1 Å². The summed E-state index contributed by atoms with van der Waals surface area (Å²) in [6, 6.07) is 5.12. The predicted molar refractivity (Wildman–Crippen MR) is 87.3 cm³/mol. The Hall–Kier alpha value is -0.980. The zero-order chi connectivity index (χ0) is 16.1. The highest BCUT2D eigenvalue weighted by Crippen LogP contribution is 2.22. The van der Waals surface area contributed by atoms with Gasteiger partial charge >= 0.3 is 5.97 Å². The fraction of sp³-hybridized carbons (Fsp3) is 0.562. The summed E-state index contributed by atoms with van der Waals surface area (Å²) in [5, 5.41) is 8.90. The van der Waals surface area contributed by atoms with Gasteiger partial charge in [0.25, 0.3) is 0 Å². The zero-order valence-corrected chi connectivity index (χ0v) is 14.4. The van der Waals surface area contributed by atoms with Crippen molar-refractivity contribution in [2.45, 2.75) is 31.8 Å². The maximum absolute atomic E-state index is 13.1. The third kappa shape index (κ3) is 5.04. The number of carbonyl (C=O) groups is 1. The zero-order valence-electron chi connectivity index (χ0n) is 12.8. The van der Waals surface area contributed by atoms with Crippen molar-refractivity contribution >= 4 is 21.9 Å². The van der Waals surface area contributed by atoms with E-state index >= 15 is 0 Å². The van der Waals surface area contributed by atoms with Gasteiger partial charge in [-0.25, -0.2) is 4.39 Å². The molecule has 1 unspecified atom stereocenters. The molecule has 0 bridgehead atoms. The summed E-state index contributed by atoms with van der Waals surface area (Å²) in [7, 11) is 1.88. The smallest absolute Gasteiger partial charge is 0.317 e. The second kappa shape index (κ2) is 8.04. The van der Waals surface area contributed by atoms with Crippen molar-refractivity contribution in [1.29, 1.82) is 0 Å². The van der Waals surface area contributed by atoms with Crippen molar-refractivity contribution in [3.8, 4) is 0 Å². The molecule has 0 amide bonds. The van der Waals surface area contributed by atoms with E-state index in [0.29, 0.717) is 6.04 Å². The van der Waals surface area contributed by atoms with Crippen molar-refractivity contribution in [2.24, 2.45) is 0 Å².